The Balaban J connectivity index is 1.25. The van der Waals surface area contributed by atoms with Crippen molar-refractivity contribution in [2.24, 2.45) is 0 Å². The van der Waals surface area contributed by atoms with Crippen LogP contribution in [0.4, 0.5) is 0 Å². The van der Waals surface area contributed by atoms with E-state index in [1.165, 1.54) is 14.2 Å². The summed E-state index contributed by atoms with van der Waals surface area (Å²) in [5.41, 5.74) is 4.07. The second kappa shape index (κ2) is 12.3. The molecule has 8 nitrogen and oxygen atoms in total. The molecule has 0 unspecified atom stereocenters. The number of nitrogens with zero attached hydrogens (tertiary/aromatic N) is 2. The van der Waals surface area contributed by atoms with Gasteiger partial charge in [0.1, 0.15) is 41.5 Å². The van der Waals surface area contributed by atoms with Gasteiger partial charge in [-0.05, 0) is 49.2 Å². The van der Waals surface area contributed by atoms with Gasteiger partial charge in [-0.1, -0.05) is 57.9 Å². The summed E-state index contributed by atoms with van der Waals surface area (Å²) >= 11 is 19.5. The lowest BCUT2D eigenvalue weighted by atomic mass is 10.0. The molecule has 1 aliphatic rings. The van der Waals surface area contributed by atoms with Crippen LogP contribution in [-0.4, -0.2) is 30.3 Å². The van der Waals surface area contributed by atoms with Crippen LogP contribution in [0, 0.1) is 11.8 Å². The fourth-order valence-corrected chi connectivity index (χ4v) is 5.42. The summed E-state index contributed by atoms with van der Waals surface area (Å²) in [4.78, 5) is 16.8. The molecule has 1 aliphatic carbocycles. The van der Waals surface area contributed by atoms with E-state index in [2.05, 4.69) is 22.0 Å². The molecule has 0 saturated heterocycles. The van der Waals surface area contributed by atoms with E-state index in [4.69, 9.17) is 58.0 Å². The van der Waals surface area contributed by atoms with E-state index in [9.17, 15) is 4.79 Å². The Kier molecular flexibility index (Phi) is 8.33. The molecule has 0 bridgehead atoms. The first kappa shape index (κ1) is 29.1. The summed E-state index contributed by atoms with van der Waals surface area (Å²) in [7, 11) is 2.83. The average Bonchev–Trinajstić information content (AvgIpc) is 3.63. The molecule has 43 heavy (non-hydrogen) atoms. The normalized spacial score (nSPS) is 12.7. The highest BCUT2D eigenvalue weighted by molar-refractivity contribution is 6.39. The molecular formula is C32H23Cl3N2O6. The molecule has 0 aliphatic heterocycles. The maximum absolute atomic E-state index is 12.4. The van der Waals surface area contributed by atoms with Crippen molar-refractivity contribution in [1.29, 1.82) is 0 Å². The highest BCUT2D eigenvalue weighted by Crippen LogP contribution is 2.46. The molecule has 5 aromatic rings. The van der Waals surface area contributed by atoms with Gasteiger partial charge in [-0.3, -0.25) is 0 Å². The van der Waals surface area contributed by atoms with Crippen molar-refractivity contribution in [3.8, 4) is 28.8 Å². The van der Waals surface area contributed by atoms with Crippen molar-refractivity contribution in [3.63, 3.8) is 0 Å². The minimum absolute atomic E-state index is 0.161. The van der Waals surface area contributed by atoms with Crippen LogP contribution in [0.2, 0.25) is 15.1 Å². The minimum atomic E-state index is -0.564. The van der Waals surface area contributed by atoms with Crippen LogP contribution in [-0.2, 0) is 22.7 Å². The minimum Gasteiger partial charge on any atom is -0.489 e. The summed E-state index contributed by atoms with van der Waals surface area (Å²) < 4.78 is 27.6. The highest BCUT2D eigenvalue weighted by Gasteiger charge is 2.33. The first-order chi connectivity index (χ1) is 20.9. The molecule has 6 rings (SSSR count). The highest BCUT2D eigenvalue weighted by atomic mass is 35.5. The predicted molar refractivity (Wildman–Crippen MR) is 162 cm³/mol. The Bertz CT molecular complexity index is 1900. The SMILES string of the molecule is COCc1nc2cc(C#Cc3ccc(OCc4c(-c5c(Cl)cccc5Cl)noc4C4CC4)cc3Cl)cc(C(=O)OC)c2o1. The fraction of sp³-hybridized carbons (Fsp3) is 0.219. The maximum Gasteiger partial charge on any atom is 0.341 e. The Labute approximate surface area is 261 Å². The summed E-state index contributed by atoms with van der Waals surface area (Å²) in [6.07, 6.45) is 2.05. The molecule has 11 heteroatoms. The summed E-state index contributed by atoms with van der Waals surface area (Å²) in [6.45, 7) is 0.348. The van der Waals surface area contributed by atoms with Crippen LogP contribution >= 0.6 is 34.8 Å². The van der Waals surface area contributed by atoms with E-state index in [0.29, 0.717) is 66.1 Å². The van der Waals surface area contributed by atoms with Crippen LogP contribution in [0.1, 0.15) is 57.5 Å². The van der Waals surface area contributed by atoms with Crippen LogP contribution in [0.3, 0.4) is 0 Å². The van der Waals surface area contributed by atoms with Crippen LogP contribution in [0.5, 0.6) is 5.75 Å². The standard InChI is InChI=1S/C32H23Cl3N2O6/c1-39-16-27-36-26-13-17(12-21(31(26)42-27)32(38)40-2)6-7-18-10-11-20(14-25(18)35)41-15-22-29(37-43-30(22)19-8-9-19)28-23(33)4-3-5-24(28)34/h3-5,10-14,19H,8-9,15-16H2,1-2H3. The van der Waals surface area contributed by atoms with Crippen molar-refractivity contribution in [1.82, 2.24) is 10.1 Å². The Morgan fingerprint density at radius 1 is 1.00 bits per heavy atom. The van der Waals surface area contributed by atoms with E-state index in [1.807, 2.05) is 0 Å². The number of hydrogen-bond donors (Lipinski definition) is 0. The van der Waals surface area contributed by atoms with Crippen molar-refractivity contribution < 1.29 is 27.9 Å². The lowest BCUT2D eigenvalue weighted by molar-refractivity contribution is 0.0601. The van der Waals surface area contributed by atoms with E-state index in [0.717, 1.165) is 24.2 Å². The number of rotatable bonds is 8. The number of esters is 1. The van der Waals surface area contributed by atoms with E-state index in [1.54, 1.807) is 48.5 Å². The summed E-state index contributed by atoms with van der Waals surface area (Å²) in [5.74, 6) is 7.50. The summed E-state index contributed by atoms with van der Waals surface area (Å²) in [6, 6.07) is 13.8. The first-order valence-electron chi connectivity index (χ1n) is 13.2. The zero-order valence-corrected chi connectivity index (χ0v) is 25.3. The van der Waals surface area contributed by atoms with Gasteiger partial charge in [0, 0.05) is 35.8 Å². The van der Waals surface area contributed by atoms with Gasteiger partial charge in [0.05, 0.1) is 27.7 Å². The second-order valence-electron chi connectivity index (χ2n) is 9.83. The molecule has 0 spiro atoms. The maximum atomic E-state index is 12.4. The molecule has 3 aromatic carbocycles. The van der Waals surface area contributed by atoms with E-state index in [-0.39, 0.29) is 18.8 Å². The molecule has 2 heterocycles. The van der Waals surface area contributed by atoms with Crippen LogP contribution in [0.25, 0.3) is 22.4 Å². The molecule has 0 radical (unpaired) electrons. The Hall–Kier alpha value is -4.00. The number of carbonyl (C=O) groups excluding carboxylic acids is 1. The van der Waals surface area contributed by atoms with Gasteiger partial charge in [-0.25, -0.2) is 9.78 Å². The zero-order chi connectivity index (χ0) is 30.1. The van der Waals surface area contributed by atoms with Gasteiger partial charge in [0.15, 0.2) is 5.58 Å². The van der Waals surface area contributed by atoms with Crippen molar-refractivity contribution in [3.05, 3.63) is 97.5 Å². The number of oxazole rings is 1. The van der Waals surface area contributed by atoms with Gasteiger partial charge in [-0.2, -0.15) is 0 Å². The van der Waals surface area contributed by atoms with Crippen molar-refractivity contribution in [2.45, 2.75) is 32.0 Å². The van der Waals surface area contributed by atoms with Gasteiger partial charge in [-0.15, -0.1) is 0 Å². The third-order valence-corrected chi connectivity index (χ3v) is 7.78. The van der Waals surface area contributed by atoms with Gasteiger partial charge < -0.3 is 23.2 Å². The Morgan fingerprint density at radius 2 is 1.79 bits per heavy atom. The smallest absolute Gasteiger partial charge is 0.341 e. The number of benzene rings is 3. The predicted octanol–water partition coefficient (Wildman–Crippen LogP) is 8.23. The van der Waals surface area contributed by atoms with E-state index >= 15 is 0 Å². The average molecular weight is 638 g/mol. The van der Waals surface area contributed by atoms with Crippen LogP contribution < -0.4 is 4.74 Å². The third-order valence-electron chi connectivity index (χ3n) is 6.84. The van der Waals surface area contributed by atoms with Crippen molar-refractivity contribution in [2.75, 3.05) is 14.2 Å². The molecule has 218 valence electrons. The monoisotopic (exact) mass is 636 g/mol. The second-order valence-corrected chi connectivity index (χ2v) is 11.1. The Morgan fingerprint density at radius 3 is 2.49 bits per heavy atom. The number of halogens is 3. The van der Waals surface area contributed by atoms with Gasteiger partial charge >= 0.3 is 5.97 Å². The van der Waals surface area contributed by atoms with E-state index < -0.39 is 5.97 Å². The number of carbonyl (C=O) groups is 1. The largest absolute Gasteiger partial charge is 0.489 e. The fourth-order valence-electron chi connectivity index (χ4n) is 4.63. The number of methoxy groups -OCH3 is 2. The number of ether oxygens (including phenoxy) is 3. The third kappa shape index (κ3) is 6.08. The molecule has 0 N–H and O–H groups in total. The lowest BCUT2D eigenvalue weighted by Crippen LogP contribution is -2.02. The number of aromatic nitrogens is 2. The zero-order valence-electron chi connectivity index (χ0n) is 23.0. The van der Waals surface area contributed by atoms with Gasteiger partial charge in [0.25, 0.3) is 0 Å². The molecule has 1 saturated carbocycles. The van der Waals surface area contributed by atoms with Crippen LogP contribution in [0.15, 0.2) is 57.5 Å². The van der Waals surface area contributed by atoms with Crippen molar-refractivity contribution >= 4 is 51.9 Å². The molecular weight excluding hydrogens is 615 g/mol. The quantitative estimate of drug-likeness (QED) is 0.124. The lowest BCUT2D eigenvalue weighted by Gasteiger charge is -2.10. The number of fused-ring (bicyclic) bond motifs is 1. The van der Waals surface area contributed by atoms with Gasteiger partial charge in [0.2, 0.25) is 5.89 Å². The molecule has 0 atom stereocenters. The molecule has 1 fully saturated rings. The first-order valence-corrected chi connectivity index (χ1v) is 14.4. The topological polar surface area (TPSA) is 96.8 Å². The summed E-state index contributed by atoms with van der Waals surface area (Å²) in [5, 5.41) is 5.66. The molecule has 0 amide bonds. The molecule has 2 aromatic heterocycles. The number of hydrogen-bond acceptors (Lipinski definition) is 8.